The molecule has 2 rings (SSSR count). The first kappa shape index (κ1) is 16.9. The molecule has 1 saturated heterocycles. The van der Waals surface area contributed by atoms with Gasteiger partial charge in [-0.2, -0.15) is 9.40 Å². The Balaban J connectivity index is 2.56. The van der Waals surface area contributed by atoms with E-state index in [1.807, 2.05) is 13.8 Å². The third-order valence-corrected chi connectivity index (χ3v) is 5.83. The second kappa shape index (κ2) is 6.35. The minimum Gasteiger partial charge on any atom is -0.480 e. The molecule has 1 aromatic rings. The van der Waals surface area contributed by atoms with Crippen LogP contribution in [0.4, 0.5) is 0 Å². The number of carboxylic acids is 1. The van der Waals surface area contributed by atoms with Gasteiger partial charge in [-0.15, -0.1) is 0 Å². The molecule has 1 aliphatic heterocycles. The quantitative estimate of drug-likeness (QED) is 0.816. The lowest BCUT2D eigenvalue weighted by atomic mass is 10.2. The lowest BCUT2D eigenvalue weighted by Gasteiger charge is -2.32. The topological polar surface area (TPSA) is 102 Å². The first-order valence-electron chi connectivity index (χ1n) is 7.21. The molecule has 1 aliphatic rings. The number of aromatic nitrogens is 2. The number of carbonyl (C=O) groups is 1. The Morgan fingerprint density at radius 3 is 2.64 bits per heavy atom. The fourth-order valence-corrected chi connectivity index (χ4v) is 4.80. The van der Waals surface area contributed by atoms with Crippen molar-refractivity contribution in [1.82, 2.24) is 14.1 Å². The maximum absolute atomic E-state index is 13.0. The predicted octanol–water partition coefficient (Wildman–Crippen LogP) is 0.0190. The number of hydrogen-bond donors (Lipinski definition) is 1. The molecule has 1 unspecified atom stereocenters. The molecule has 0 aromatic carbocycles. The summed E-state index contributed by atoms with van der Waals surface area (Å²) in [6, 6.07) is -1.20. The molecule has 1 aromatic heterocycles. The SMILES string of the molecule is CCc1nn(C)c(CC)c1S(=O)(=O)N1CCOCC1C(=O)O. The van der Waals surface area contributed by atoms with Crippen LogP contribution in [0.15, 0.2) is 4.90 Å². The van der Waals surface area contributed by atoms with E-state index in [1.165, 1.54) is 0 Å². The number of carboxylic acid groups (broad SMARTS) is 1. The monoisotopic (exact) mass is 331 g/mol. The Morgan fingerprint density at radius 2 is 2.09 bits per heavy atom. The van der Waals surface area contributed by atoms with Gasteiger partial charge in [0.05, 0.1) is 24.6 Å². The second-order valence-electron chi connectivity index (χ2n) is 5.10. The van der Waals surface area contributed by atoms with Gasteiger partial charge in [-0.1, -0.05) is 13.8 Å². The highest BCUT2D eigenvalue weighted by Crippen LogP contribution is 2.27. The highest BCUT2D eigenvalue weighted by Gasteiger charge is 2.41. The molecule has 2 heterocycles. The molecular weight excluding hydrogens is 310 g/mol. The Kier molecular flexibility index (Phi) is 4.88. The average Bonchev–Trinajstić information content (AvgIpc) is 2.83. The molecular formula is C13H21N3O5S. The van der Waals surface area contributed by atoms with E-state index in [4.69, 9.17) is 4.74 Å². The highest BCUT2D eigenvalue weighted by molar-refractivity contribution is 7.89. The van der Waals surface area contributed by atoms with E-state index >= 15 is 0 Å². The lowest BCUT2D eigenvalue weighted by Crippen LogP contribution is -2.52. The number of aryl methyl sites for hydroxylation is 2. The molecule has 0 bridgehead atoms. The molecule has 124 valence electrons. The number of hydrogen-bond acceptors (Lipinski definition) is 5. The van der Waals surface area contributed by atoms with Gasteiger partial charge in [-0.05, 0) is 12.8 Å². The predicted molar refractivity (Wildman–Crippen MR) is 78.1 cm³/mol. The molecule has 0 spiro atoms. The van der Waals surface area contributed by atoms with Crippen molar-refractivity contribution in [2.24, 2.45) is 7.05 Å². The van der Waals surface area contributed by atoms with Crippen molar-refractivity contribution < 1.29 is 23.1 Å². The normalized spacial score (nSPS) is 20.2. The van der Waals surface area contributed by atoms with Crippen molar-refractivity contribution >= 4 is 16.0 Å². The van der Waals surface area contributed by atoms with E-state index in [9.17, 15) is 18.3 Å². The van der Waals surface area contributed by atoms with Crippen LogP contribution in [0.2, 0.25) is 0 Å². The molecule has 0 radical (unpaired) electrons. The average molecular weight is 331 g/mol. The number of sulfonamides is 1. The molecule has 0 amide bonds. The van der Waals surface area contributed by atoms with Crippen molar-refractivity contribution in [2.75, 3.05) is 19.8 Å². The Hall–Kier alpha value is -1.45. The van der Waals surface area contributed by atoms with Crippen molar-refractivity contribution in [3.8, 4) is 0 Å². The maximum Gasteiger partial charge on any atom is 0.324 e. The molecule has 8 nitrogen and oxygen atoms in total. The molecule has 0 saturated carbocycles. The lowest BCUT2D eigenvalue weighted by molar-refractivity contribution is -0.146. The van der Waals surface area contributed by atoms with Crippen LogP contribution in [0, 0.1) is 0 Å². The third kappa shape index (κ3) is 2.75. The van der Waals surface area contributed by atoms with Gasteiger partial charge in [0.25, 0.3) is 0 Å². The van der Waals surface area contributed by atoms with Gasteiger partial charge in [0, 0.05) is 13.6 Å². The van der Waals surface area contributed by atoms with Crippen LogP contribution in [0.25, 0.3) is 0 Å². The van der Waals surface area contributed by atoms with E-state index in [-0.39, 0.29) is 24.7 Å². The van der Waals surface area contributed by atoms with E-state index in [1.54, 1.807) is 11.7 Å². The van der Waals surface area contributed by atoms with Crippen molar-refractivity contribution in [3.05, 3.63) is 11.4 Å². The molecule has 0 aliphatic carbocycles. The largest absolute Gasteiger partial charge is 0.480 e. The first-order chi connectivity index (χ1) is 10.3. The number of nitrogens with zero attached hydrogens (tertiary/aromatic N) is 3. The summed E-state index contributed by atoms with van der Waals surface area (Å²) in [6.45, 7) is 3.75. The summed E-state index contributed by atoms with van der Waals surface area (Å²) in [4.78, 5) is 11.5. The molecule has 1 N–H and O–H groups in total. The first-order valence-corrected chi connectivity index (χ1v) is 8.65. The fourth-order valence-electron chi connectivity index (χ4n) is 2.71. The zero-order chi connectivity index (χ0) is 16.5. The summed E-state index contributed by atoms with van der Waals surface area (Å²) in [5, 5.41) is 13.5. The van der Waals surface area contributed by atoms with Gasteiger partial charge in [0.2, 0.25) is 10.0 Å². The summed E-state index contributed by atoms with van der Waals surface area (Å²) in [7, 11) is -2.23. The molecule has 1 atom stereocenters. The van der Waals surface area contributed by atoms with Gasteiger partial charge in [0.15, 0.2) is 0 Å². The standard InChI is InChI=1S/C13H21N3O5S/c1-4-9-12(10(5-2)15(3)14-9)22(19,20)16-6-7-21-8-11(16)13(17)18/h11H,4-8H2,1-3H3,(H,17,18). The van der Waals surface area contributed by atoms with Gasteiger partial charge < -0.3 is 9.84 Å². The van der Waals surface area contributed by atoms with Crippen LogP contribution in [0.5, 0.6) is 0 Å². The zero-order valence-corrected chi connectivity index (χ0v) is 13.8. The smallest absolute Gasteiger partial charge is 0.324 e. The summed E-state index contributed by atoms with van der Waals surface area (Å²) in [5.41, 5.74) is 1.06. The van der Waals surface area contributed by atoms with E-state index < -0.39 is 22.0 Å². The van der Waals surface area contributed by atoms with E-state index in [0.29, 0.717) is 24.2 Å². The van der Waals surface area contributed by atoms with Crippen molar-refractivity contribution in [3.63, 3.8) is 0 Å². The third-order valence-electron chi connectivity index (χ3n) is 3.79. The second-order valence-corrected chi connectivity index (χ2v) is 6.93. The summed E-state index contributed by atoms with van der Waals surface area (Å²) >= 11 is 0. The summed E-state index contributed by atoms with van der Waals surface area (Å²) in [5.74, 6) is -1.21. The Morgan fingerprint density at radius 1 is 1.41 bits per heavy atom. The molecule has 22 heavy (non-hydrogen) atoms. The zero-order valence-electron chi connectivity index (χ0n) is 12.9. The molecule has 9 heteroatoms. The Bertz CT molecular complexity index is 667. The van der Waals surface area contributed by atoms with Gasteiger partial charge in [-0.3, -0.25) is 9.48 Å². The summed E-state index contributed by atoms with van der Waals surface area (Å²) < 4.78 is 33.8. The highest BCUT2D eigenvalue weighted by atomic mass is 32.2. The number of ether oxygens (including phenoxy) is 1. The Labute approximate surface area is 129 Å². The van der Waals surface area contributed by atoms with Crippen LogP contribution in [0.1, 0.15) is 25.2 Å². The summed E-state index contributed by atoms with van der Waals surface area (Å²) in [6.07, 6.45) is 0.963. The minimum atomic E-state index is -3.93. The van der Waals surface area contributed by atoms with Gasteiger partial charge in [0.1, 0.15) is 10.9 Å². The fraction of sp³-hybridized carbons (Fsp3) is 0.692. The van der Waals surface area contributed by atoms with Crippen molar-refractivity contribution in [2.45, 2.75) is 37.6 Å². The van der Waals surface area contributed by atoms with Crippen LogP contribution >= 0.6 is 0 Å². The maximum atomic E-state index is 13.0. The van der Waals surface area contributed by atoms with E-state index in [2.05, 4.69) is 5.10 Å². The van der Waals surface area contributed by atoms with Crippen LogP contribution in [-0.4, -0.2) is 59.4 Å². The number of morpholine rings is 1. The van der Waals surface area contributed by atoms with Crippen LogP contribution in [0.3, 0.4) is 0 Å². The van der Waals surface area contributed by atoms with E-state index in [0.717, 1.165) is 4.31 Å². The van der Waals surface area contributed by atoms with Crippen LogP contribution in [-0.2, 0) is 39.4 Å². The number of rotatable bonds is 5. The van der Waals surface area contributed by atoms with Crippen molar-refractivity contribution in [1.29, 1.82) is 0 Å². The van der Waals surface area contributed by atoms with Gasteiger partial charge in [-0.25, -0.2) is 8.42 Å². The van der Waals surface area contributed by atoms with Crippen LogP contribution < -0.4 is 0 Å². The van der Waals surface area contributed by atoms with Gasteiger partial charge >= 0.3 is 5.97 Å². The number of aliphatic carboxylic acids is 1. The minimum absolute atomic E-state index is 0.0283. The molecule has 1 fully saturated rings.